The Morgan fingerprint density at radius 1 is 1.35 bits per heavy atom. The monoisotopic (exact) mass is 333 g/mol. The Balaban J connectivity index is 1.63. The summed E-state index contributed by atoms with van der Waals surface area (Å²) in [6, 6.07) is 1.98. The van der Waals surface area contributed by atoms with E-state index < -0.39 is 0 Å². The number of hydrogen-bond acceptors (Lipinski definition) is 5. The van der Waals surface area contributed by atoms with Crippen molar-refractivity contribution >= 4 is 27.0 Å². The molecule has 3 aromatic heterocycles. The van der Waals surface area contributed by atoms with Crippen molar-refractivity contribution in [2.75, 3.05) is 0 Å². The number of pyridine rings is 1. The molecule has 0 spiro atoms. The van der Waals surface area contributed by atoms with Crippen molar-refractivity contribution in [3.63, 3.8) is 0 Å². The summed E-state index contributed by atoms with van der Waals surface area (Å²) >= 11 is 3.42. The van der Waals surface area contributed by atoms with Gasteiger partial charge in [0, 0.05) is 16.6 Å². The lowest BCUT2D eigenvalue weighted by molar-refractivity contribution is 0.342. The van der Waals surface area contributed by atoms with Crippen LogP contribution in [0.4, 0.5) is 0 Å². The lowest BCUT2D eigenvalue weighted by Crippen LogP contribution is -2.10. The summed E-state index contributed by atoms with van der Waals surface area (Å²) in [5.41, 5.74) is 1.80. The first-order chi connectivity index (χ1) is 9.79. The Morgan fingerprint density at radius 2 is 2.25 bits per heavy atom. The van der Waals surface area contributed by atoms with Gasteiger partial charge in [-0.2, -0.15) is 10.1 Å². The fraction of sp³-hybridized carbons (Fsp3) is 0.385. The van der Waals surface area contributed by atoms with E-state index in [1.807, 2.05) is 10.7 Å². The molecule has 1 aliphatic rings. The average Bonchev–Trinajstić information content (AvgIpc) is 2.96. The summed E-state index contributed by atoms with van der Waals surface area (Å²) < 4.78 is 8.07. The maximum absolute atomic E-state index is 5.32. The topological polar surface area (TPSA) is 69.6 Å². The van der Waals surface area contributed by atoms with Crippen LogP contribution in [0.5, 0.6) is 0 Å². The van der Waals surface area contributed by atoms with E-state index in [2.05, 4.69) is 36.2 Å². The van der Waals surface area contributed by atoms with Crippen LogP contribution in [0, 0.1) is 0 Å². The van der Waals surface area contributed by atoms with Gasteiger partial charge in [0.1, 0.15) is 12.1 Å². The third-order valence-corrected chi connectivity index (χ3v) is 4.13. The quantitative estimate of drug-likeness (QED) is 0.737. The van der Waals surface area contributed by atoms with E-state index in [9.17, 15) is 0 Å². The van der Waals surface area contributed by atoms with Gasteiger partial charge in [-0.25, -0.2) is 0 Å². The normalized spacial score (nSPS) is 15.7. The van der Waals surface area contributed by atoms with Gasteiger partial charge in [0.25, 0.3) is 0 Å². The second kappa shape index (κ2) is 4.66. The van der Waals surface area contributed by atoms with Gasteiger partial charge in [0.05, 0.1) is 11.7 Å². The highest BCUT2D eigenvalue weighted by molar-refractivity contribution is 9.10. The van der Waals surface area contributed by atoms with Crippen LogP contribution in [0.2, 0.25) is 0 Å². The fourth-order valence-corrected chi connectivity index (χ4v) is 2.67. The lowest BCUT2D eigenvalue weighted by Gasteiger charge is -2.20. The van der Waals surface area contributed by atoms with Crippen molar-refractivity contribution < 1.29 is 4.52 Å². The molecule has 6 nitrogen and oxygen atoms in total. The maximum atomic E-state index is 5.32. The number of aromatic nitrogens is 5. The van der Waals surface area contributed by atoms with Gasteiger partial charge in [0.2, 0.25) is 5.89 Å². The zero-order valence-electron chi connectivity index (χ0n) is 10.7. The molecule has 0 atom stereocenters. The minimum absolute atomic E-state index is 0.474. The van der Waals surface area contributed by atoms with Crippen molar-refractivity contribution in [3.05, 3.63) is 34.6 Å². The van der Waals surface area contributed by atoms with E-state index in [1.165, 1.54) is 19.3 Å². The first-order valence-electron chi connectivity index (χ1n) is 6.59. The van der Waals surface area contributed by atoms with Crippen molar-refractivity contribution in [2.24, 2.45) is 0 Å². The summed E-state index contributed by atoms with van der Waals surface area (Å²) in [6.07, 6.45) is 7.10. The maximum Gasteiger partial charge on any atom is 0.248 e. The standard InChI is InChI=1S/C13H12BrN5O/c14-9-4-11-10(15-5-9)6-16-19(11)7-12-17-13(18-20-12)8-2-1-3-8/h4-6,8H,1-3,7H2. The summed E-state index contributed by atoms with van der Waals surface area (Å²) in [7, 11) is 0. The first-order valence-corrected chi connectivity index (χ1v) is 7.38. The van der Waals surface area contributed by atoms with Gasteiger partial charge >= 0.3 is 0 Å². The molecule has 4 rings (SSSR count). The summed E-state index contributed by atoms with van der Waals surface area (Å²) in [6.45, 7) is 0.474. The van der Waals surface area contributed by atoms with Crippen LogP contribution in [0.15, 0.2) is 27.5 Å². The summed E-state index contributed by atoms with van der Waals surface area (Å²) in [4.78, 5) is 8.77. The van der Waals surface area contributed by atoms with Gasteiger partial charge in [0.15, 0.2) is 5.82 Å². The molecule has 0 N–H and O–H groups in total. The van der Waals surface area contributed by atoms with E-state index >= 15 is 0 Å². The predicted octanol–water partition coefficient (Wildman–Crippen LogP) is 2.89. The molecule has 20 heavy (non-hydrogen) atoms. The number of fused-ring (bicyclic) bond motifs is 1. The Kier molecular flexibility index (Phi) is 2.80. The largest absolute Gasteiger partial charge is 0.337 e. The van der Waals surface area contributed by atoms with Crippen molar-refractivity contribution in [3.8, 4) is 0 Å². The second-order valence-electron chi connectivity index (χ2n) is 5.03. The van der Waals surface area contributed by atoms with Gasteiger partial charge in [-0.15, -0.1) is 0 Å². The molecule has 1 aliphatic carbocycles. The van der Waals surface area contributed by atoms with Crippen molar-refractivity contribution in [1.82, 2.24) is 24.9 Å². The van der Waals surface area contributed by atoms with Gasteiger partial charge in [-0.1, -0.05) is 11.6 Å². The van der Waals surface area contributed by atoms with Gasteiger partial charge in [-0.05, 0) is 34.8 Å². The van der Waals surface area contributed by atoms with Crippen LogP contribution in [0.3, 0.4) is 0 Å². The smallest absolute Gasteiger partial charge is 0.248 e. The van der Waals surface area contributed by atoms with E-state index in [4.69, 9.17) is 4.52 Å². The molecule has 7 heteroatoms. The van der Waals surface area contributed by atoms with Crippen LogP contribution < -0.4 is 0 Å². The molecule has 0 aliphatic heterocycles. The molecule has 1 saturated carbocycles. The molecular weight excluding hydrogens is 322 g/mol. The molecule has 3 aromatic rings. The third-order valence-electron chi connectivity index (χ3n) is 3.70. The van der Waals surface area contributed by atoms with Gasteiger partial charge in [-0.3, -0.25) is 9.67 Å². The average molecular weight is 334 g/mol. The molecule has 0 saturated heterocycles. The highest BCUT2D eigenvalue weighted by Gasteiger charge is 2.24. The molecular formula is C13H12BrN5O. The number of halogens is 1. The molecule has 1 fully saturated rings. The minimum atomic E-state index is 0.474. The van der Waals surface area contributed by atoms with E-state index in [0.717, 1.165) is 21.3 Å². The molecule has 0 unspecified atom stereocenters. The molecule has 0 bridgehead atoms. The number of hydrogen-bond donors (Lipinski definition) is 0. The molecule has 3 heterocycles. The Hall–Kier alpha value is -1.76. The Morgan fingerprint density at radius 3 is 3.05 bits per heavy atom. The summed E-state index contributed by atoms with van der Waals surface area (Å²) in [5, 5.41) is 8.39. The second-order valence-corrected chi connectivity index (χ2v) is 5.95. The van der Waals surface area contributed by atoms with Gasteiger partial charge < -0.3 is 4.52 Å². The van der Waals surface area contributed by atoms with E-state index in [1.54, 1.807) is 12.4 Å². The molecule has 0 amide bonds. The number of rotatable bonds is 3. The SMILES string of the molecule is Brc1cnc2cnn(Cc3nc(C4CCC4)no3)c2c1. The zero-order valence-corrected chi connectivity index (χ0v) is 12.2. The summed E-state index contributed by atoms with van der Waals surface area (Å²) in [5.74, 6) is 1.91. The van der Waals surface area contributed by atoms with Crippen LogP contribution in [-0.4, -0.2) is 24.9 Å². The zero-order chi connectivity index (χ0) is 13.5. The number of nitrogens with zero attached hydrogens (tertiary/aromatic N) is 5. The third kappa shape index (κ3) is 2.02. The van der Waals surface area contributed by atoms with Crippen LogP contribution in [0.25, 0.3) is 11.0 Å². The van der Waals surface area contributed by atoms with Crippen molar-refractivity contribution in [2.45, 2.75) is 31.7 Å². The lowest BCUT2D eigenvalue weighted by atomic mass is 9.85. The Labute approximate surface area is 123 Å². The Bertz CT molecular complexity index is 761. The molecule has 102 valence electrons. The van der Waals surface area contributed by atoms with Crippen LogP contribution in [-0.2, 0) is 6.54 Å². The minimum Gasteiger partial charge on any atom is -0.337 e. The predicted molar refractivity (Wildman–Crippen MR) is 75.2 cm³/mol. The van der Waals surface area contributed by atoms with E-state index in [-0.39, 0.29) is 0 Å². The first kappa shape index (κ1) is 12.0. The van der Waals surface area contributed by atoms with Crippen molar-refractivity contribution in [1.29, 1.82) is 0 Å². The fourth-order valence-electron chi connectivity index (χ4n) is 2.35. The van der Waals surface area contributed by atoms with E-state index in [0.29, 0.717) is 18.4 Å². The molecule has 0 aromatic carbocycles. The highest BCUT2D eigenvalue weighted by Crippen LogP contribution is 2.34. The van der Waals surface area contributed by atoms with Crippen LogP contribution >= 0.6 is 15.9 Å². The highest BCUT2D eigenvalue weighted by atomic mass is 79.9. The van der Waals surface area contributed by atoms with Crippen LogP contribution in [0.1, 0.15) is 36.9 Å². The molecule has 0 radical (unpaired) electrons.